The number of nitrogens with zero attached hydrogens (tertiary/aromatic N) is 4. The normalized spacial score (nSPS) is 12.0. The fraction of sp³-hybridized carbons (Fsp3) is 0.0400. The summed E-state index contributed by atoms with van der Waals surface area (Å²) in [7, 11) is 0. The minimum atomic E-state index is -0.580. The highest BCUT2D eigenvalue weighted by atomic mass is 32.2. The van der Waals surface area contributed by atoms with Gasteiger partial charge in [0.1, 0.15) is 23.2 Å². The van der Waals surface area contributed by atoms with Crippen LogP contribution < -0.4 is 5.56 Å². The zero-order valence-electron chi connectivity index (χ0n) is 17.6. The molecule has 5 rings (SSSR count). The van der Waals surface area contributed by atoms with Crippen molar-refractivity contribution in [3.8, 4) is 11.8 Å². The molecule has 0 unspecified atom stereocenters. The van der Waals surface area contributed by atoms with Gasteiger partial charge < -0.3 is 10.1 Å². The van der Waals surface area contributed by atoms with Gasteiger partial charge in [0.25, 0.3) is 5.56 Å². The Morgan fingerprint density at radius 2 is 1.74 bits per heavy atom. The number of para-hydroxylation sites is 4. The molecular weight excluding hydrogens is 453 g/mol. The maximum Gasteiger partial charge on any atom is 0.266 e. The molecule has 7 nitrogen and oxygen atoms in total. The lowest BCUT2D eigenvalue weighted by molar-refractivity contribution is 0.420. The number of nitriles is 1. The van der Waals surface area contributed by atoms with Gasteiger partial charge in [0.2, 0.25) is 0 Å². The summed E-state index contributed by atoms with van der Waals surface area (Å²) in [5, 5.41) is 20.9. The number of benzene rings is 3. The third kappa shape index (κ3) is 3.80. The van der Waals surface area contributed by atoms with Crippen molar-refractivity contribution < 1.29 is 9.50 Å². The van der Waals surface area contributed by atoms with E-state index >= 15 is 0 Å². The average molecular weight is 470 g/mol. The quantitative estimate of drug-likeness (QED) is 0.163. The van der Waals surface area contributed by atoms with Crippen molar-refractivity contribution in [1.29, 1.82) is 5.26 Å². The Kier molecular flexibility index (Phi) is 5.57. The highest BCUT2D eigenvalue weighted by molar-refractivity contribution is 7.99. The van der Waals surface area contributed by atoms with E-state index in [-0.39, 0.29) is 33.8 Å². The number of aromatic amines is 1. The van der Waals surface area contributed by atoms with Crippen molar-refractivity contribution in [3.05, 3.63) is 101 Å². The summed E-state index contributed by atoms with van der Waals surface area (Å²) in [6, 6.07) is 22.0. The van der Waals surface area contributed by atoms with Gasteiger partial charge in [0.05, 0.1) is 33.4 Å². The minimum Gasteiger partial charge on any atom is -0.510 e. The highest BCUT2D eigenvalue weighted by Crippen LogP contribution is 2.26. The first-order valence-electron chi connectivity index (χ1n) is 10.2. The predicted molar refractivity (Wildman–Crippen MR) is 129 cm³/mol. The van der Waals surface area contributed by atoms with Crippen molar-refractivity contribution in [3.63, 3.8) is 0 Å². The first-order valence-corrected chi connectivity index (χ1v) is 11.2. The van der Waals surface area contributed by atoms with Crippen molar-refractivity contribution >= 4 is 39.3 Å². The van der Waals surface area contributed by atoms with E-state index < -0.39 is 11.4 Å². The third-order valence-electron chi connectivity index (χ3n) is 5.20. The molecule has 5 aromatic rings. The molecule has 166 valence electrons. The number of H-pyrrole nitrogens is 1. The van der Waals surface area contributed by atoms with Gasteiger partial charge in [-0.05, 0) is 36.4 Å². The van der Waals surface area contributed by atoms with Gasteiger partial charge in [-0.15, -0.1) is 0 Å². The molecule has 0 saturated heterocycles. The predicted octanol–water partition coefficient (Wildman–Crippen LogP) is 4.99. The number of thioether (sulfide) groups is 1. The first kappa shape index (κ1) is 21.4. The van der Waals surface area contributed by atoms with Gasteiger partial charge in [-0.25, -0.2) is 14.4 Å². The number of hydrogen-bond acceptors (Lipinski definition) is 6. The summed E-state index contributed by atoms with van der Waals surface area (Å²) in [6.45, 7) is 0. The number of imidazole rings is 1. The molecule has 34 heavy (non-hydrogen) atoms. The molecule has 0 aliphatic carbocycles. The fourth-order valence-corrected chi connectivity index (χ4v) is 4.47. The Balaban J connectivity index is 1.58. The van der Waals surface area contributed by atoms with Crippen molar-refractivity contribution in [1.82, 2.24) is 19.5 Å². The molecule has 0 amide bonds. The smallest absolute Gasteiger partial charge is 0.266 e. The number of aliphatic hydroxyl groups is 1. The van der Waals surface area contributed by atoms with E-state index in [1.165, 1.54) is 22.8 Å². The van der Waals surface area contributed by atoms with Crippen LogP contribution >= 0.6 is 11.8 Å². The van der Waals surface area contributed by atoms with E-state index in [9.17, 15) is 19.6 Å². The van der Waals surface area contributed by atoms with E-state index in [0.717, 1.165) is 17.3 Å². The second kappa shape index (κ2) is 8.84. The van der Waals surface area contributed by atoms with Crippen LogP contribution in [-0.2, 0) is 0 Å². The maximum absolute atomic E-state index is 14.6. The molecule has 0 radical (unpaired) electrons. The molecule has 2 N–H and O–H groups in total. The van der Waals surface area contributed by atoms with Crippen LogP contribution in [0.3, 0.4) is 0 Å². The molecule has 0 spiro atoms. The number of allylic oxidation sites excluding steroid dienone is 1. The second-order valence-electron chi connectivity index (χ2n) is 7.33. The van der Waals surface area contributed by atoms with Crippen LogP contribution in [0.1, 0.15) is 5.82 Å². The summed E-state index contributed by atoms with van der Waals surface area (Å²) < 4.78 is 15.8. The van der Waals surface area contributed by atoms with Crippen LogP contribution in [0, 0.1) is 17.1 Å². The lowest BCUT2D eigenvalue weighted by Crippen LogP contribution is -2.22. The zero-order valence-corrected chi connectivity index (χ0v) is 18.4. The molecule has 0 aliphatic heterocycles. The monoisotopic (exact) mass is 469 g/mol. The van der Waals surface area contributed by atoms with Gasteiger partial charge in [0.15, 0.2) is 11.0 Å². The fourth-order valence-electron chi connectivity index (χ4n) is 3.59. The number of rotatable bonds is 5. The van der Waals surface area contributed by atoms with Crippen LogP contribution in [0.4, 0.5) is 4.39 Å². The van der Waals surface area contributed by atoms with Crippen LogP contribution in [-0.4, -0.2) is 30.4 Å². The molecule has 2 aromatic heterocycles. The number of hydrogen-bond donors (Lipinski definition) is 2. The maximum atomic E-state index is 14.6. The summed E-state index contributed by atoms with van der Waals surface area (Å²) >= 11 is 1.02. The molecule has 2 heterocycles. The Morgan fingerprint density at radius 1 is 1.03 bits per heavy atom. The van der Waals surface area contributed by atoms with Crippen molar-refractivity contribution in [2.75, 3.05) is 5.75 Å². The Hall–Kier alpha value is -4.42. The topological polar surface area (TPSA) is 108 Å². The lowest BCUT2D eigenvalue weighted by Gasteiger charge is -2.14. The highest BCUT2D eigenvalue weighted by Gasteiger charge is 2.18. The summed E-state index contributed by atoms with van der Waals surface area (Å²) in [6.07, 6.45) is 0. The van der Waals surface area contributed by atoms with Crippen molar-refractivity contribution in [2.24, 2.45) is 0 Å². The molecule has 0 fully saturated rings. The van der Waals surface area contributed by atoms with Gasteiger partial charge in [-0.3, -0.25) is 9.36 Å². The molecule has 0 atom stereocenters. The third-order valence-corrected chi connectivity index (χ3v) is 6.15. The summed E-state index contributed by atoms with van der Waals surface area (Å²) in [5.74, 6) is -0.670. The SMILES string of the molecule is N#C/C(=C(\O)CSc1nc2ccccc2c(=O)n1-c1ccccc1F)c1nc2ccccc2[nH]1. The zero-order chi connectivity index (χ0) is 23.7. The van der Waals surface area contributed by atoms with E-state index in [1.54, 1.807) is 36.4 Å². The number of aliphatic hydroxyl groups excluding tert-OH is 1. The number of aromatic nitrogens is 4. The van der Waals surface area contributed by atoms with E-state index in [4.69, 9.17) is 0 Å². The number of fused-ring (bicyclic) bond motifs is 2. The summed E-state index contributed by atoms with van der Waals surface area (Å²) in [4.78, 5) is 25.2. The van der Waals surface area contributed by atoms with Gasteiger partial charge in [0, 0.05) is 0 Å². The largest absolute Gasteiger partial charge is 0.510 e. The second-order valence-corrected chi connectivity index (χ2v) is 8.27. The number of halogens is 1. The minimum absolute atomic E-state index is 0.0238. The molecular formula is C25H16FN5O2S. The van der Waals surface area contributed by atoms with E-state index in [2.05, 4.69) is 15.0 Å². The molecule has 0 bridgehead atoms. The van der Waals surface area contributed by atoms with Gasteiger partial charge >= 0.3 is 0 Å². The van der Waals surface area contributed by atoms with Crippen LogP contribution in [0.2, 0.25) is 0 Å². The molecule has 3 aromatic carbocycles. The van der Waals surface area contributed by atoms with E-state index in [1.807, 2.05) is 24.3 Å². The lowest BCUT2D eigenvalue weighted by atomic mass is 10.2. The first-order chi connectivity index (χ1) is 16.6. The standard InChI is InChI=1S/C25H16FN5O2S/c26-17-8-2-6-12-21(17)31-24(33)15-7-1-3-9-18(15)30-25(31)34-14-22(32)16(13-27)23-28-19-10-4-5-11-20(19)29-23/h1-12,32H,14H2,(H,28,29)/b22-16+. The van der Waals surface area contributed by atoms with Crippen LogP contribution in [0.25, 0.3) is 33.2 Å². The van der Waals surface area contributed by atoms with E-state index in [0.29, 0.717) is 16.4 Å². The molecule has 0 aliphatic rings. The van der Waals surface area contributed by atoms with Crippen molar-refractivity contribution in [2.45, 2.75) is 5.16 Å². The summed E-state index contributed by atoms with van der Waals surface area (Å²) in [5.41, 5.74) is 1.44. The van der Waals surface area contributed by atoms with Crippen LogP contribution in [0.5, 0.6) is 0 Å². The van der Waals surface area contributed by atoms with Gasteiger partial charge in [-0.1, -0.05) is 48.2 Å². The van der Waals surface area contributed by atoms with Gasteiger partial charge in [-0.2, -0.15) is 5.26 Å². The molecule has 0 saturated carbocycles. The number of nitrogens with one attached hydrogen (secondary N) is 1. The van der Waals surface area contributed by atoms with Crippen LogP contribution in [0.15, 0.2) is 88.5 Å². The average Bonchev–Trinajstić information content (AvgIpc) is 3.28. The Morgan fingerprint density at radius 3 is 2.50 bits per heavy atom. The molecule has 9 heteroatoms. The Bertz CT molecular complexity index is 1650. The Labute approximate surface area is 196 Å².